The zero-order chi connectivity index (χ0) is 13.8. The van der Waals surface area contributed by atoms with Gasteiger partial charge in [0.05, 0.1) is 4.92 Å². The molecule has 0 bridgehead atoms. The molecule has 1 aromatic carbocycles. The molecule has 0 atom stereocenters. The Labute approximate surface area is 123 Å². The lowest BCUT2D eigenvalue weighted by molar-refractivity contribution is -0.385. The number of halogens is 1. The van der Waals surface area contributed by atoms with Crippen LogP contribution in [0.2, 0.25) is 0 Å². The maximum absolute atomic E-state index is 10.8. The molecule has 0 amide bonds. The van der Waals surface area contributed by atoms with Gasteiger partial charge in [0.15, 0.2) is 0 Å². The van der Waals surface area contributed by atoms with Crippen molar-refractivity contribution in [3.05, 3.63) is 55.4 Å². The first-order valence-electron chi connectivity index (χ1n) is 5.52. The van der Waals surface area contributed by atoms with Crippen LogP contribution in [-0.4, -0.2) is 14.9 Å². The number of nitro groups is 1. The smallest absolute Gasteiger partial charge is 0.272 e. The Hall–Kier alpha value is -1.77. The first-order valence-corrected chi connectivity index (χ1v) is 6.60. The molecule has 0 saturated heterocycles. The SMILES string of the molecule is Cc1c(CNc2ncc(I)cn2)cccc1[N+](=O)[O-]. The summed E-state index contributed by atoms with van der Waals surface area (Å²) in [7, 11) is 0. The third kappa shape index (κ3) is 3.37. The molecular weight excluding hydrogens is 359 g/mol. The quantitative estimate of drug-likeness (QED) is 0.509. The van der Waals surface area contributed by atoms with Crippen LogP contribution in [0.1, 0.15) is 11.1 Å². The van der Waals surface area contributed by atoms with Crippen molar-refractivity contribution in [2.45, 2.75) is 13.5 Å². The molecule has 2 aromatic rings. The third-order valence-corrected chi connectivity index (χ3v) is 3.23. The highest BCUT2D eigenvalue weighted by molar-refractivity contribution is 14.1. The number of anilines is 1. The fourth-order valence-electron chi connectivity index (χ4n) is 1.64. The summed E-state index contributed by atoms with van der Waals surface area (Å²) in [6.07, 6.45) is 3.41. The van der Waals surface area contributed by atoms with Crippen LogP contribution in [0.5, 0.6) is 0 Å². The largest absolute Gasteiger partial charge is 0.350 e. The van der Waals surface area contributed by atoms with Gasteiger partial charge < -0.3 is 5.32 Å². The average molecular weight is 370 g/mol. The molecule has 0 aliphatic rings. The van der Waals surface area contributed by atoms with Gasteiger partial charge in [-0.3, -0.25) is 10.1 Å². The number of nitrogens with one attached hydrogen (secondary N) is 1. The number of hydrogen-bond donors (Lipinski definition) is 1. The van der Waals surface area contributed by atoms with Gasteiger partial charge >= 0.3 is 0 Å². The number of nitro benzene ring substituents is 1. The summed E-state index contributed by atoms with van der Waals surface area (Å²) >= 11 is 2.13. The molecule has 98 valence electrons. The monoisotopic (exact) mass is 370 g/mol. The predicted octanol–water partition coefficient (Wildman–Crippen LogP) is 2.91. The second kappa shape index (κ2) is 5.91. The van der Waals surface area contributed by atoms with Crippen molar-refractivity contribution >= 4 is 34.2 Å². The lowest BCUT2D eigenvalue weighted by Gasteiger charge is -2.07. The first-order chi connectivity index (χ1) is 9.08. The summed E-state index contributed by atoms with van der Waals surface area (Å²) in [5, 5.41) is 13.9. The van der Waals surface area contributed by atoms with E-state index in [0.717, 1.165) is 9.13 Å². The summed E-state index contributed by atoms with van der Waals surface area (Å²) in [6, 6.07) is 5.03. The van der Waals surface area contributed by atoms with Crippen molar-refractivity contribution in [3.63, 3.8) is 0 Å². The van der Waals surface area contributed by atoms with Crippen LogP contribution < -0.4 is 5.32 Å². The maximum Gasteiger partial charge on any atom is 0.272 e. The Morgan fingerprint density at radius 2 is 2.05 bits per heavy atom. The van der Waals surface area contributed by atoms with E-state index >= 15 is 0 Å². The van der Waals surface area contributed by atoms with Crippen molar-refractivity contribution in [1.29, 1.82) is 0 Å². The average Bonchev–Trinajstić information content (AvgIpc) is 2.39. The van der Waals surface area contributed by atoms with Gasteiger partial charge in [-0.2, -0.15) is 0 Å². The van der Waals surface area contributed by atoms with E-state index < -0.39 is 0 Å². The Kier molecular flexibility index (Phi) is 4.25. The van der Waals surface area contributed by atoms with Crippen LogP contribution >= 0.6 is 22.6 Å². The van der Waals surface area contributed by atoms with Gasteiger partial charge in [-0.25, -0.2) is 9.97 Å². The molecule has 0 saturated carbocycles. The molecule has 1 aromatic heterocycles. The van der Waals surface area contributed by atoms with E-state index in [1.54, 1.807) is 25.4 Å². The molecule has 1 N–H and O–H groups in total. The van der Waals surface area contributed by atoms with Gasteiger partial charge in [0.1, 0.15) is 0 Å². The molecule has 0 aliphatic heterocycles. The lowest BCUT2D eigenvalue weighted by Crippen LogP contribution is -2.06. The second-order valence-electron chi connectivity index (χ2n) is 3.90. The van der Waals surface area contributed by atoms with Crippen LogP contribution in [0, 0.1) is 20.6 Å². The van der Waals surface area contributed by atoms with Crippen molar-refractivity contribution in [2.24, 2.45) is 0 Å². The molecule has 2 rings (SSSR count). The van der Waals surface area contributed by atoms with E-state index in [0.29, 0.717) is 18.1 Å². The Bertz CT molecular complexity index is 601. The van der Waals surface area contributed by atoms with E-state index in [1.165, 1.54) is 6.07 Å². The molecule has 0 spiro atoms. The summed E-state index contributed by atoms with van der Waals surface area (Å²) in [6.45, 7) is 2.19. The number of hydrogen-bond acceptors (Lipinski definition) is 5. The van der Waals surface area contributed by atoms with Crippen LogP contribution in [-0.2, 0) is 6.54 Å². The van der Waals surface area contributed by atoms with Crippen molar-refractivity contribution in [2.75, 3.05) is 5.32 Å². The van der Waals surface area contributed by atoms with Gasteiger partial charge in [-0.15, -0.1) is 0 Å². The highest BCUT2D eigenvalue weighted by Gasteiger charge is 2.12. The summed E-state index contributed by atoms with van der Waals surface area (Å²) in [4.78, 5) is 18.7. The highest BCUT2D eigenvalue weighted by atomic mass is 127. The Balaban J connectivity index is 2.13. The summed E-state index contributed by atoms with van der Waals surface area (Å²) in [5.74, 6) is 0.506. The minimum Gasteiger partial charge on any atom is -0.350 e. The zero-order valence-electron chi connectivity index (χ0n) is 10.1. The Morgan fingerprint density at radius 1 is 1.37 bits per heavy atom. The first kappa shape index (κ1) is 13.7. The fourth-order valence-corrected chi connectivity index (χ4v) is 1.92. The van der Waals surface area contributed by atoms with Gasteiger partial charge in [0, 0.05) is 34.1 Å². The molecule has 0 radical (unpaired) electrons. The van der Waals surface area contributed by atoms with Crippen LogP contribution in [0.4, 0.5) is 11.6 Å². The molecule has 7 heteroatoms. The standard InChI is InChI=1S/C12H11IN4O2/c1-8-9(3-2-4-11(8)17(18)19)5-14-12-15-6-10(13)7-16-12/h2-4,6-7H,5H2,1H3,(H,14,15,16). The fraction of sp³-hybridized carbons (Fsp3) is 0.167. The van der Waals surface area contributed by atoms with Crippen LogP contribution in [0.15, 0.2) is 30.6 Å². The third-order valence-electron chi connectivity index (χ3n) is 2.67. The van der Waals surface area contributed by atoms with E-state index in [2.05, 4.69) is 37.9 Å². The number of benzene rings is 1. The summed E-state index contributed by atoms with van der Waals surface area (Å²) < 4.78 is 0.953. The van der Waals surface area contributed by atoms with E-state index in [4.69, 9.17) is 0 Å². The number of nitrogens with zero attached hydrogens (tertiary/aromatic N) is 3. The topological polar surface area (TPSA) is 81.0 Å². The van der Waals surface area contributed by atoms with Crippen molar-refractivity contribution < 1.29 is 4.92 Å². The van der Waals surface area contributed by atoms with Gasteiger partial charge in [0.2, 0.25) is 5.95 Å². The minimum absolute atomic E-state index is 0.128. The minimum atomic E-state index is -0.375. The van der Waals surface area contributed by atoms with E-state index in [-0.39, 0.29) is 10.6 Å². The van der Waals surface area contributed by atoms with Crippen molar-refractivity contribution in [1.82, 2.24) is 9.97 Å². The Morgan fingerprint density at radius 3 is 2.68 bits per heavy atom. The van der Waals surface area contributed by atoms with Crippen molar-refractivity contribution in [3.8, 4) is 0 Å². The van der Waals surface area contributed by atoms with Crippen LogP contribution in [0.3, 0.4) is 0 Å². The highest BCUT2D eigenvalue weighted by Crippen LogP contribution is 2.21. The molecule has 0 unspecified atom stereocenters. The van der Waals surface area contributed by atoms with Crippen LogP contribution in [0.25, 0.3) is 0 Å². The molecular formula is C12H11IN4O2. The second-order valence-corrected chi connectivity index (χ2v) is 5.14. The lowest BCUT2D eigenvalue weighted by atomic mass is 10.1. The van der Waals surface area contributed by atoms with E-state index in [9.17, 15) is 10.1 Å². The number of rotatable bonds is 4. The molecule has 19 heavy (non-hydrogen) atoms. The molecule has 0 aliphatic carbocycles. The molecule has 1 heterocycles. The molecule has 0 fully saturated rings. The van der Waals surface area contributed by atoms with Gasteiger partial charge in [-0.1, -0.05) is 12.1 Å². The van der Waals surface area contributed by atoms with Gasteiger partial charge in [-0.05, 0) is 35.1 Å². The van der Waals surface area contributed by atoms with E-state index in [1.807, 2.05) is 6.07 Å². The number of aromatic nitrogens is 2. The molecule has 6 nitrogen and oxygen atoms in total. The normalized spacial score (nSPS) is 10.2. The van der Waals surface area contributed by atoms with Gasteiger partial charge in [0.25, 0.3) is 5.69 Å². The zero-order valence-corrected chi connectivity index (χ0v) is 12.3. The predicted molar refractivity (Wildman–Crippen MR) is 79.9 cm³/mol. The summed E-state index contributed by atoms with van der Waals surface area (Å²) in [5.41, 5.74) is 1.64. The maximum atomic E-state index is 10.8.